The number of carbonyl (C=O) groups is 2. The summed E-state index contributed by atoms with van der Waals surface area (Å²) in [6, 6.07) is 0.305. The second-order valence-corrected chi connectivity index (χ2v) is 5.18. The Hall–Kier alpha value is -1.96. The minimum atomic E-state index is -0.484. The molecule has 1 aromatic rings. The van der Waals surface area contributed by atoms with Crippen LogP contribution in [0.1, 0.15) is 31.6 Å². The van der Waals surface area contributed by atoms with E-state index in [9.17, 15) is 9.59 Å². The van der Waals surface area contributed by atoms with Gasteiger partial charge in [-0.15, -0.1) is 5.10 Å². The average molecular weight is 279 g/mol. The van der Waals surface area contributed by atoms with Gasteiger partial charge in [-0.3, -0.25) is 14.5 Å². The van der Waals surface area contributed by atoms with Crippen molar-refractivity contribution in [3.63, 3.8) is 0 Å². The molecule has 0 bridgehead atoms. The van der Waals surface area contributed by atoms with Gasteiger partial charge in [0.2, 0.25) is 11.8 Å². The highest BCUT2D eigenvalue weighted by Gasteiger charge is 2.32. The number of hydrogen-bond acceptors (Lipinski definition) is 7. The van der Waals surface area contributed by atoms with E-state index in [2.05, 4.69) is 20.8 Å². The summed E-state index contributed by atoms with van der Waals surface area (Å²) in [5.74, 6) is 0.0668. The Morgan fingerprint density at radius 1 is 1.30 bits per heavy atom. The molecule has 1 aliphatic carbocycles. The lowest BCUT2D eigenvalue weighted by atomic mass is 10.1. The van der Waals surface area contributed by atoms with Gasteiger partial charge in [0.25, 0.3) is 5.91 Å². The molecule has 0 radical (unpaired) electrons. The molecule has 2 aliphatic rings. The first-order chi connectivity index (χ1) is 9.63. The van der Waals surface area contributed by atoms with Crippen molar-refractivity contribution in [3.8, 4) is 0 Å². The minimum Gasteiger partial charge on any atom is -0.407 e. The summed E-state index contributed by atoms with van der Waals surface area (Å²) in [6.07, 6.45) is 3.16. The van der Waals surface area contributed by atoms with Gasteiger partial charge in [0.15, 0.2) is 0 Å². The van der Waals surface area contributed by atoms with Crippen molar-refractivity contribution in [2.24, 2.45) is 0 Å². The molecular formula is C12H17N5O3. The molecule has 1 saturated heterocycles. The highest BCUT2D eigenvalue weighted by atomic mass is 16.4. The number of nitrogens with zero attached hydrogens (tertiary/aromatic N) is 3. The van der Waals surface area contributed by atoms with Crippen LogP contribution >= 0.6 is 0 Å². The molecule has 108 valence electrons. The van der Waals surface area contributed by atoms with Gasteiger partial charge in [-0.25, -0.2) is 0 Å². The highest BCUT2D eigenvalue weighted by molar-refractivity contribution is 6.01. The van der Waals surface area contributed by atoms with Gasteiger partial charge in [-0.1, -0.05) is 5.10 Å². The summed E-state index contributed by atoms with van der Waals surface area (Å²) < 4.78 is 5.42. The van der Waals surface area contributed by atoms with Crippen LogP contribution in [0.3, 0.4) is 0 Å². The topological polar surface area (TPSA) is 100 Å². The minimum absolute atomic E-state index is 0.159. The molecule has 1 unspecified atom stereocenters. The summed E-state index contributed by atoms with van der Waals surface area (Å²) in [5.41, 5.74) is 0. The Kier molecular flexibility index (Phi) is 3.39. The van der Waals surface area contributed by atoms with Crippen LogP contribution in [-0.4, -0.2) is 46.0 Å². The summed E-state index contributed by atoms with van der Waals surface area (Å²) in [5, 5.41) is 13.9. The van der Waals surface area contributed by atoms with Crippen LogP contribution < -0.4 is 10.6 Å². The number of rotatable bonds is 5. The molecule has 2 fully saturated rings. The summed E-state index contributed by atoms with van der Waals surface area (Å²) in [7, 11) is 1.48. The lowest BCUT2D eigenvalue weighted by Crippen LogP contribution is -2.48. The molecule has 3 rings (SSSR count). The number of likely N-dealkylation sites (tertiary alicyclic amines) is 1. The van der Waals surface area contributed by atoms with E-state index in [1.165, 1.54) is 19.9 Å². The van der Waals surface area contributed by atoms with Crippen LogP contribution in [0, 0.1) is 0 Å². The van der Waals surface area contributed by atoms with Crippen LogP contribution in [0.2, 0.25) is 0 Å². The number of anilines is 1. The maximum absolute atomic E-state index is 11.9. The standard InChI is InChI=1S/C12H17N5O3/c1-17-10(18)5-4-8(11(17)19)14-12-16-15-9(20-12)6-13-7-2-3-7/h7-8,13H,2-6H2,1H3,(H,14,16). The fourth-order valence-electron chi connectivity index (χ4n) is 2.10. The lowest BCUT2D eigenvalue weighted by Gasteiger charge is -2.27. The van der Waals surface area contributed by atoms with E-state index in [0.29, 0.717) is 31.3 Å². The molecule has 8 nitrogen and oxygen atoms in total. The van der Waals surface area contributed by atoms with Gasteiger partial charge >= 0.3 is 6.01 Å². The third-order valence-electron chi connectivity index (χ3n) is 3.53. The fourth-order valence-corrected chi connectivity index (χ4v) is 2.10. The molecule has 1 saturated carbocycles. The molecule has 1 aliphatic heterocycles. The number of amides is 2. The van der Waals surface area contributed by atoms with E-state index in [-0.39, 0.29) is 17.8 Å². The van der Waals surface area contributed by atoms with Crippen molar-refractivity contribution in [1.82, 2.24) is 20.4 Å². The van der Waals surface area contributed by atoms with Gasteiger partial charge in [0.1, 0.15) is 6.04 Å². The molecular weight excluding hydrogens is 262 g/mol. The molecule has 1 atom stereocenters. The molecule has 2 heterocycles. The molecule has 1 aromatic heterocycles. The SMILES string of the molecule is CN1C(=O)CCC(Nc2nnc(CNC3CC3)o2)C1=O. The van der Waals surface area contributed by atoms with Crippen molar-refractivity contribution in [1.29, 1.82) is 0 Å². The Balaban J connectivity index is 1.56. The largest absolute Gasteiger partial charge is 0.407 e. The van der Waals surface area contributed by atoms with Crippen LogP contribution in [0.4, 0.5) is 6.01 Å². The molecule has 20 heavy (non-hydrogen) atoms. The van der Waals surface area contributed by atoms with Crippen molar-refractivity contribution < 1.29 is 14.0 Å². The molecule has 0 aromatic carbocycles. The third kappa shape index (κ3) is 2.79. The number of carbonyl (C=O) groups excluding carboxylic acids is 2. The second-order valence-electron chi connectivity index (χ2n) is 5.18. The maximum atomic E-state index is 11.9. The zero-order valence-corrected chi connectivity index (χ0v) is 11.3. The van der Waals surface area contributed by atoms with Gasteiger partial charge < -0.3 is 15.1 Å². The smallest absolute Gasteiger partial charge is 0.316 e. The first-order valence-electron chi connectivity index (χ1n) is 6.76. The highest BCUT2D eigenvalue weighted by Crippen LogP contribution is 2.20. The predicted molar refractivity (Wildman–Crippen MR) is 68.6 cm³/mol. The zero-order chi connectivity index (χ0) is 14.1. The van der Waals surface area contributed by atoms with Crippen LogP contribution in [0.15, 0.2) is 4.42 Å². The quantitative estimate of drug-likeness (QED) is 0.725. The number of hydrogen-bond donors (Lipinski definition) is 2. The Labute approximate surface area is 115 Å². The Morgan fingerprint density at radius 2 is 2.10 bits per heavy atom. The van der Waals surface area contributed by atoms with Gasteiger partial charge in [-0.05, 0) is 19.3 Å². The van der Waals surface area contributed by atoms with Gasteiger partial charge in [-0.2, -0.15) is 0 Å². The summed E-state index contributed by atoms with van der Waals surface area (Å²) in [4.78, 5) is 24.4. The second kappa shape index (κ2) is 5.20. The van der Waals surface area contributed by atoms with E-state index in [1.54, 1.807) is 0 Å². The molecule has 2 amide bonds. The Morgan fingerprint density at radius 3 is 2.85 bits per heavy atom. The number of likely N-dealkylation sites (N-methyl/N-ethyl adjacent to an activating group) is 1. The van der Waals surface area contributed by atoms with Gasteiger partial charge in [0.05, 0.1) is 6.54 Å². The zero-order valence-electron chi connectivity index (χ0n) is 11.3. The molecule has 8 heteroatoms. The van der Waals surface area contributed by atoms with Crippen molar-refractivity contribution >= 4 is 17.8 Å². The molecule has 0 spiro atoms. The lowest BCUT2D eigenvalue weighted by molar-refractivity contribution is -0.146. The monoisotopic (exact) mass is 279 g/mol. The van der Waals surface area contributed by atoms with Crippen molar-refractivity contribution in [2.75, 3.05) is 12.4 Å². The first-order valence-corrected chi connectivity index (χ1v) is 6.76. The number of piperidine rings is 1. The first kappa shape index (κ1) is 13.0. The summed E-state index contributed by atoms with van der Waals surface area (Å²) >= 11 is 0. The van der Waals surface area contributed by atoms with Crippen molar-refractivity contribution in [3.05, 3.63) is 5.89 Å². The number of nitrogens with one attached hydrogen (secondary N) is 2. The van der Waals surface area contributed by atoms with Crippen LogP contribution in [0.25, 0.3) is 0 Å². The number of aromatic nitrogens is 2. The van der Waals surface area contributed by atoms with Crippen LogP contribution in [-0.2, 0) is 16.1 Å². The maximum Gasteiger partial charge on any atom is 0.316 e. The van der Waals surface area contributed by atoms with E-state index in [0.717, 1.165) is 4.90 Å². The van der Waals surface area contributed by atoms with E-state index >= 15 is 0 Å². The molecule has 2 N–H and O–H groups in total. The van der Waals surface area contributed by atoms with Gasteiger partial charge in [0, 0.05) is 19.5 Å². The van der Waals surface area contributed by atoms with E-state index < -0.39 is 6.04 Å². The number of imide groups is 1. The average Bonchev–Trinajstić information content (AvgIpc) is 3.17. The summed E-state index contributed by atoms with van der Waals surface area (Å²) in [6.45, 7) is 0.538. The van der Waals surface area contributed by atoms with E-state index in [1.807, 2.05) is 0 Å². The predicted octanol–water partition coefficient (Wildman–Crippen LogP) is -0.119. The van der Waals surface area contributed by atoms with E-state index in [4.69, 9.17) is 4.42 Å². The fraction of sp³-hybridized carbons (Fsp3) is 0.667. The Bertz CT molecular complexity index is 525. The normalized spacial score (nSPS) is 23.2. The van der Waals surface area contributed by atoms with Crippen LogP contribution in [0.5, 0.6) is 0 Å². The third-order valence-corrected chi connectivity index (χ3v) is 3.53. The van der Waals surface area contributed by atoms with Crippen molar-refractivity contribution in [2.45, 2.75) is 44.3 Å².